The van der Waals surface area contributed by atoms with Gasteiger partial charge in [-0.3, -0.25) is 4.90 Å². The van der Waals surface area contributed by atoms with E-state index in [1.807, 2.05) is 6.07 Å². The summed E-state index contributed by atoms with van der Waals surface area (Å²) in [5.74, 6) is 8.57. The van der Waals surface area contributed by atoms with E-state index in [-0.39, 0.29) is 11.9 Å². The third-order valence-corrected chi connectivity index (χ3v) is 5.01. The van der Waals surface area contributed by atoms with Crippen molar-refractivity contribution in [2.24, 2.45) is 0 Å². The molecule has 1 aliphatic heterocycles. The van der Waals surface area contributed by atoms with Crippen LogP contribution in [0.2, 0.25) is 5.22 Å². The summed E-state index contributed by atoms with van der Waals surface area (Å²) in [5, 5.41) is 4.82. The molecule has 8 nitrogen and oxygen atoms in total. The van der Waals surface area contributed by atoms with E-state index >= 15 is 0 Å². The van der Waals surface area contributed by atoms with Gasteiger partial charge in [0.2, 0.25) is 5.82 Å². The Balaban J connectivity index is 1.39. The summed E-state index contributed by atoms with van der Waals surface area (Å²) >= 11 is 5.87. The molecule has 4 aromatic rings. The van der Waals surface area contributed by atoms with Crippen LogP contribution in [0.25, 0.3) is 17.2 Å². The molecular weight excluding hydrogens is 392 g/mol. The molecule has 1 atom stereocenters. The third-order valence-electron chi connectivity index (χ3n) is 4.81. The molecule has 0 spiro atoms. The quantitative estimate of drug-likeness (QED) is 0.519. The minimum atomic E-state index is 0.118. The lowest BCUT2D eigenvalue weighted by Crippen LogP contribution is -2.27. The smallest absolute Gasteiger partial charge is 0.218 e. The molecule has 146 valence electrons. The molecule has 0 aromatic carbocycles. The van der Waals surface area contributed by atoms with Crippen LogP contribution in [-0.2, 0) is 6.54 Å². The number of furan rings is 2. The van der Waals surface area contributed by atoms with Crippen molar-refractivity contribution in [3.63, 3.8) is 0 Å². The fourth-order valence-corrected chi connectivity index (χ4v) is 3.62. The molecule has 0 bridgehead atoms. The Hall–Kier alpha value is -3.28. The molecule has 4 aromatic heterocycles. The van der Waals surface area contributed by atoms with E-state index in [9.17, 15) is 0 Å². The number of hydrogen-bond donors (Lipinski definition) is 1. The average Bonchev–Trinajstić information content (AvgIpc) is 3.48. The van der Waals surface area contributed by atoms with E-state index in [0.29, 0.717) is 34.7 Å². The van der Waals surface area contributed by atoms with Gasteiger partial charge in [-0.15, -0.1) is 5.10 Å². The highest BCUT2D eigenvalue weighted by Crippen LogP contribution is 2.22. The Morgan fingerprint density at radius 2 is 2.21 bits per heavy atom. The van der Waals surface area contributed by atoms with Crippen molar-refractivity contribution in [3.8, 4) is 23.4 Å². The lowest BCUT2D eigenvalue weighted by atomic mass is 10.2. The second kappa shape index (κ2) is 7.28. The van der Waals surface area contributed by atoms with Crippen molar-refractivity contribution in [1.29, 1.82) is 0 Å². The highest BCUT2D eigenvalue weighted by Gasteiger charge is 2.23. The van der Waals surface area contributed by atoms with E-state index in [4.69, 9.17) is 26.2 Å². The molecule has 0 amide bonds. The lowest BCUT2D eigenvalue weighted by Gasteiger charge is -2.18. The maximum atomic E-state index is 6.07. The topological polar surface area (TPSA) is 98.6 Å². The minimum Gasteiger partial charge on any atom is -0.461 e. The van der Waals surface area contributed by atoms with Gasteiger partial charge in [0.1, 0.15) is 11.5 Å². The van der Waals surface area contributed by atoms with Crippen LogP contribution >= 0.6 is 11.6 Å². The van der Waals surface area contributed by atoms with Gasteiger partial charge in [0, 0.05) is 0 Å². The number of likely N-dealkylation sites (tertiary alicyclic amines) is 1. The Morgan fingerprint density at radius 3 is 3.00 bits per heavy atom. The fourth-order valence-electron chi connectivity index (χ4n) is 3.46. The predicted octanol–water partition coefficient (Wildman–Crippen LogP) is 3.23. The van der Waals surface area contributed by atoms with Crippen LogP contribution in [0.5, 0.6) is 0 Å². The van der Waals surface area contributed by atoms with Crippen molar-refractivity contribution in [2.75, 3.05) is 12.3 Å². The number of aromatic nitrogens is 4. The molecule has 5 heterocycles. The van der Waals surface area contributed by atoms with Gasteiger partial charge in [0.05, 0.1) is 25.0 Å². The minimum absolute atomic E-state index is 0.118. The zero-order valence-electron chi connectivity index (χ0n) is 15.4. The van der Waals surface area contributed by atoms with Crippen LogP contribution in [0.1, 0.15) is 24.3 Å². The molecular formula is C20H17ClN6O2. The standard InChI is InChI=1S/C20H17ClN6O2/c21-17-8-7-15(29-17)12-26-9-1-3-14(26)6-5-13-11-27-20(18(22)23-13)24-19(25-27)16-4-2-10-28-16/h2,4,7-8,10-11,14H,1,3,9,12H2,(H2,22,23)/t14-/m0/s1. The monoisotopic (exact) mass is 408 g/mol. The largest absolute Gasteiger partial charge is 0.461 e. The van der Waals surface area contributed by atoms with Crippen molar-refractivity contribution >= 4 is 23.1 Å². The second-order valence-corrected chi connectivity index (χ2v) is 7.17. The Bertz CT molecular complexity index is 1220. The molecule has 2 N–H and O–H groups in total. The Morgan fingerprint density at radius 1 is 1.28 bits per heavy atom. The molecule has 29 heavy (non-hydrogen) atoms. The number of rotatable bonds is 3. The number of nitrogen functional groups attached to an aromatic ring is 1. The lowest BCUT2D eigenvalue weighted by molar-refractivity contribution is 0.262. The molecule has 0 saturated carbocycles. The van der Waals surface area contributed by atoms with E-state index in [0.717, 1.165) is 25.1 Å². The van der Waals surface area contributed by atoms with E-state index < -0.39 is 0 Å². The first-order chi connectivity index (χ1) is 14.2. The summed E-state index contributed by atoms with van der Waals surface area (Å²) in [5.41, 5.74) is 7.08. The number of nitrogens with zero attached hydrogens (tertiary/aromatic N) is 5. The normalized spacial score (nSPS) is 16.9. The average molecular weight is 409 g/mol. The van der Waals surface area contributed by atoms with Gasteiger partial charge in [-0.1, -0.05) is 5.92 Å². The Labute approximate surface area is 171 Å². The number of nitrogens with two attached hydrogens (primary N) is 1. The first-order valence-corrected chi connectivity index (χ1v) is 9.60. The van der Waals surface area contributed by atoms with Gasteiger partial charge in [-0.25, -0.2) is 14.5 Å². The summed E-state index contributed by atoms with van der Waals surface area (Å²) in [6.45, 7) is 1.64. The summed E-state index contributed by atoms with van der Waals surface area (Å²) in [7, 11) is 0. The molecule has 0 radical (unpaired) electrons. The third kappa shape index (κ3) is 3.58. The van der Waals surface area contributed by atoms with Crippen LogP contribution in [0.3, 0.4) is 0 Å². The summed E-state index contributed by atoms with van der Waals surface area (Å²) in [6, 6.07) is 7.34. The first-order valence-electron chi connectivity index (χ1n) is 9.22. The van der Waals surface area contributed by atoms with Crippen LogP contribution in [-0.4, -0.2) is 37.1 Å². The molecule has 1 aliphatic rings. The van der Waals surface area contributed by atoms with Gasteiger partial charge >= 0.3 is 0 Å². The van der Waals surface area contributed by atoms with Gasteiger partial charge < -0.3 is 14.6 Å². The number of anilines is 1. The number of hydrogen-bond acceptors (Lipinski definition) is 7. The zero-order valence-corrected chi connectivity index (χ0v) is 16.1. The first kappa shape index (κ1) is 17.8. The van der Waals surface area contributed by atoms with Gasteiger partial charge in [0.25, 0.3) is 0 Å². The zero-order chi connectivity index (χ0) is 19.8. The van der Waals surface area contributed by atoms with E-state index in [1.54, 1.807) is 35.2 Å². The summed E-state index contributed by atoms with van der Waals surface area (Å²) in [6.07, 6.45) is 5.37. The van der Waals surface area contributed by atoms with Crippen LogP contribution in [0, 0.1) is 11.8 Å². The highest BCUT2D eigenvalue weighted by atomic mass is 35.5. The molecule has 5 rings (SSSR count). The molecule has 1 saturated heterocycles. The Kier molecular flexibility index (Phi) is 4.46. The van der Waals surface area contributed by atoms with Crippen LogP contribution in [0.15, 0.2) is 45.6 Å². The van der Waals surface area contributed by atoms with Crippen molar-refractivity contribution in [3.05, 3.63) is 53.4 Å². The summed E-state index contributed by atoms with van der Waals surface area (Å²) in [4.78, 5) is 11.0. The number of halogens is 1. The number of fused-ring (bicyclic) bond motifs is 1. The van der Waals surface area contributed by atoms with Crippen molar-refractivity contribution < 1.29 is 8.83 Å². The summed E-state index contributed by atoms with van der Waals surface area (Å²) < 4.78 is 12.4. The van der Waals surface area contributed by atoms with Crippen LogP contribution in [0.4, 0.5) is 5.82 Å². The van der Waals surface area contributed by atoms with Crippen molar-refractivity contribution in [2.45, 2.75) is 25.4 Å². The van der Waals surface area contributed by atoms with E-state index in [2.05, 4.69) is 31.8 Å². The molecule has 1 fully saturated rings. The molecule has 9 heteroatoms. The van der Waals surface area contributed by atoms with Gasteiger partial charge in [0.15, 0.2) is 22.4 Å². The van der Waals surface area contributed by atoms with E-state index in [1.165, 1.54) is 0 Å². The fraction of sp³-hybridized carbons (Fsp3) is 0.250. The van der Waals surface area contributed by atoms with Gasteiger partial charge in [-0.2, -0.15) is 0 Å². The molecule has 0 unspecified atom stereocenters. The van der Waals surface area contributed by atoms with Gasteiger partial charge in [-0.05, 0) is 61.2 Å². The highest BCUT2D eigenvalue weighted by molar-refractivity contribution is 6.28. The SMILES string of the molecule is Nc1nc(C#C[C@@H]2CCCN2Cc2ccc(Cl)o2)cn2nc(-c3ccco3)nc12. The maximum Gasteiger partial charge on any atom is 0.218 e. The predicted molar refractivity (Wildman–Crippen MR) is 107 cm³/mol. The van der Waals surface area contributed by atoms with Crippen molar-refractivity contribution in [1.82, 2.24) is 24.5 Å². The maximum absolute atomic E-state index is 6.07. The molecule has 0 aliphatic carbocycles. The van der Waals surface area contributed by atoms with Crippen LogP contribution < -0.4 is 5.73 Å². The second-order valence-electron chi connectivity index (χ2n) is 6.80.